The Labute approximate surface area is 85.2 Å². The van der Waals surface area contributed by atoms with Crippen LogP contribution in [0.25, 0.3) is 0 Å². The molecule has 0 saturated carbocycles. The second-order valence-corrected chi connectivity index (χ2v) is 3.70. The highest BCUT2D eigenvalue weighted by Gasteiger charge is 2.14. The summed E-state index contributed by atoms with van der Waals surface area (Å²) in [5.41, 5.74) is 2.37. The zero-order valence-electron chi connectivity index (χ0n) is 7.87. The number of carbonyl (C=O) groups is 1. The highest BCUT2D eigenvalue weighted by atomic mass is 32.1. The molecule has 0 aliphatic heterocycles. The Bertz CT molecular complexity index is 439. The first-order valence-corrected chi connectivity index (χ1v) is 4.99. The van der Waals surface area contributed by atoms with Crippen molar-refractivity contribution in [2.24, 2.45) is 0 Å². The number of aromatic amines is 1. The number of carbonyl (C=O) groups excluding carboxylic acids is 1. The molecule has 0 atom stereocenters. The van der Waals surface area contributed by atoms with Crippen molar-refractivity contribution in [3.05, 3.63) is 34.4 Å². The van der Waals surface area contributed by atoms with E-state index < -0.39 is 0 Å². The summed E-state index contributed by atoms with van der Waals surface area (Å²) in [6, 6.07) is 0. The van der Waals surface area contributed by atoms with Crippen LogP contribution in [0.15, 0.2) is 11.6 Å². The van der Waals surface area contributed by atoms with Crippen LogP contribution in [0.4, 0.5) is 0 Å². The fourth-order valence-electron chi connectivity index (χ4n) is 1.11. The number of aromatic nitrogens is 3. The number of hydrogen-bond donors (Lipinski definition) is 1. The molecule has 2 heterocycles. The number of imidazole rings is 1. The molecule has 0 radical (unpaired) electrons. The molecule has 5 heteroatoms. The molecule has 2 rings (SSSR count). The van der Waals surface area contributed by atoms with Crippen molar-refractivity contribution < 1.29 is 4.79 Å². The standard InChI is InChI=1S/C9H9N3OS/c1-5-6(2)12-9(11-5)8(13)7-3-10-14-4-7/h3-4H,1-2H3,(H,11,12). The number of hydrogen-bond acceptors (Lipinski definition) is 4. The van der Waals surface area contributed by atoms with Gasteiger partial charge >= 0.3 is 0 Å². The first-order valence-electron chi connectivity index (χ1n) is 4.16. The van der Waals surface area contributed by atoms with Crippen LogP contribution in [0.3, 0.4) is 0 Å². The Morgan fingerprint density at radius 2 is 2.29 bits per heavy atom. The zero-order chi connectivity index (χ0) is 10.1. The average Bonchev–Trinajstić information content (AvgIpc) is 2.76. The van der Waals surface area contributed by atoms with E-state index >= 15 is 0 Å². The third-order valence-corrected chi connectivity index (χ3v) is 2.62. The summed E-state index contributed by atoms with van der Waals surface area (Å²) in [5, 5.41) is 1.72. The van der Waals surface area contributed by atoms with E-state index in [2.05, 4.69) is 14.3 Å². The number of H-pyrrole nitrogens is 1. The van der Waals surface area contributed by atoms with Crippen molar-refractivity contribution in [1.82, 2.24) is 14.3 Å². The minimum absolute atomic E-state index is 0.102. The molecule has 2 aromatic heterocycles. The molecule has 0 bridgehead atoms. The van der Waals surface area contributed by atoms with Gasteiger partial charge in [-0.3, -0.25) is 4.79 Å². The maximum Gasteiger partial charge on any atom is 0.230 e. The summed E-state index contributed by atoms with van der Waals surface area (Å²) in [4.78, 5) is 18.8. The van der Waals surface area contributed by atoms with Gasteiger partial charge in [-0.05, 0) is 25.4 Å². The monoisotopic (exact) mass is 207 g/mol. The van der Waals surface area contributed by atoms with Crippen LogP contribution >= 0.6 is 11.5 Å². The number of nitrogens with zero attached hydrogens (tertiary/aromatic N) is 2. The molecule has 0 unspecified atom stereocenters. The van der Waals surface area contributed by atoms with E-state index in [1.807, 2.05) is 13.8 Å². The average molecular weight is 207 g/mol. The molecule has 1 N–H and O–H groups in total. The molecule has 0 aromatic carbocycles. The predicted molar refractivity (Wildman–Crippen MR) is 53.6 cm³/mol. The zero-order valence-corrected chi connectivity index (χ0v) is 8.68. The van der Waals surface area contributed by atoms with Crippen LogP contribution in [0, 0.1) is 13.8 Å². The molecule has 72 valence electrons. The molecule has 0 amide bonds. The van der Waals surface area contributed by atoms with Gasteiger partial charge in [0.1, 0.15) is 0 Å². The molecule has 0 spiro atoms. The smallest absolute Gasteiger partial charge is 0.230 e. The van der Waals surface area contributed by atoms with E-state index in [0.29, 0.717) is 11.4 Å². The van der Waals surface area contributed by atoms with Crippen molar-refractivity contribution in [3.8, 4) is 0 Å². The van der Waals surface area contributed by atoms with Gasteiger partial charge in [0.05, 0.1) is 17.5 Å². The second kappa shape index (κ2) is 3.34. The third-order valence-electron chi connectivity index (χ3n) is 2.04. The maximum absolute atomic E-state index is 11.7. The van der Waals surface area contributed by atoms with E-state index in [4.69, 9.17) is 0 Å². The van der Waals surface area contributed by atoms with Crippen LogP contribution in [0.5, 0.6) is 0 Å². The van der Waals surface area contributed by atoms with Gasteiger partial charge in [0.2, 0.25) is 5.78 Å². The van der Waals surface area contributed by atoms with Gasteiger partial charge in [0, 0.05) is 11.1 Å². The van der Waals surface area contributed by atoms with Crippen molar-refractivity contribution in [2.45, 2.75) is 13.8 Å². The van der Waals surface area contributed by atoms with E-state index in [1.165, 1.54) is 11.5 Å². The normalized spacial score (nSPS) is 10.4. The van der Waals surface area contributed by atoms with Crippen LogP contribution in [0.2, 0.25) is 0 Å². The lowest BCUT2D eigenvalue weighted by Gasteiger charge is -1.89. The Hall–Kier alpha value is -1.49. The number of aryl methyl sites for hydroxylation is 2. The topological polar surface area (TPSA) is 58.6 Å². The summed E-state index contributed by atoms with van der Waals surface area (Å²) < 4.78 is 3.88. The third kappa shape index (κ3) is 1.46. The van der Waals surface area contributed by atoms with Crippen LogP contribution in [-0.2, 0) is 0 Å². The molecular formula is C9H9N3OS. The van der Waals surface area contributed by atoms with E-state index in [1.54, 1.807) is 11.6 Å². The number of rotatable bonds is 2. The minimum atomic E-state index is -0.102. The van der Waals surface area contributed by atoms with Gasteiger partial charge in [-0.2, -0.15) is 0 Å². The molecule has 14 heavy (non-hydrogen) atoms. The summed E-state index contributed by atoms with van der Waals surface area (Å²) in [6.07, 6.45) is 1.56. The Morgan fingerprint density at radius 1 is 1.50 bits per heavy atom. The minimum Gasteiger partial charge on any atom is -0.339 e. The first-order chi connectivity index (χ1) is 6.68. The highest BCUT2D eigenvalue weighted by molar-refractivity contribution is 7.03. The molecule has 0 aliphatic rings. The van der Waals surface area contributed by atoms with E-state index in [0.717, 1.165) is 11.4 Å². The number of ketones is 1. The maximum atomic E-state index is 11.7. The van der Waals surface area contributed by atoms with Crippen molar-refractivity contribution >= 4 is 17.3 Å². The molecular weight excluding hydrogens is 198 g/mol. The Kier molecular flexibility index (Phi) is 2.17. The van der Waals surface area contributed by atoms with Crippen molar-refractivity contribution in [2.75, 3.05) is 0 Å². The van der Waals surface area contributed by atoms with Gasteiger partial charge in [-0.25, -0.2) is 9.36 Å². The van der Waals surface area contributed by atoms with Gasteiger partial charge in [0.25, 0.3) is 0 Å². The highest BCUT2D eigenvalue weighted by Crippen LogP contribution is 2.10. The van der Waals surface area contributed by atoms with Gasteiger partial charge in [0.15, 0.2) is 5.82 Å². The van der Waals surface area contributed by atoms with Gasteiger partial charge in [-0.1, -0.05) is 0 Å². The predicted octanol–water partition coefficient (Wildman–Crippen LogP) is 1.71. The second-order valence-electron chi connectivity index (χ2n) is 3.04. The molecule has 4 nitrogen and oxygen atoms in total. The largest absolute Gasteiger partial charge is 0.339 e. The fraction of sp³-hybridized carbons (Fsp3) is 0.222. The van der Waals surface area contributed by atoms with Gasteiger partial charge in [-0.15, -0.1) is 0 Å². The Morgan fingerprint density at radius 3 is 2.79 bits per heavy atom. The SMILES string of the molecule is Cc1nc(C(=O)c2cnsc2)[nH]c1C. The van der Waals surface area contributed by atoms with Gasteiger partial charge < -0.3 is 4.98 Å². The van der Waals surface area contributed by atoms with E-state index in [9.17, 15) is 4.79 Å². The lowest BCUT2D eigenvalue weighted by Crippen LogP contribution is -2.02. The van der Waals surface area contributed by atoms with Crippen LogP contribution < -0.4 is 0 Å². The van der Waals surface area contributed by atoms with E-state index in [-0.39, 0.29) is 5.78 Å². The molecule has 0 aliphatic carbocycles. The van der Waals surface area contributed by atoms with Crippen LogP contribution in [-0.4, -0.2) is 20.1 Å². The quantitative estimate of drug-likeness (QED) is 0.763. The van der Waals surface area contributed by atoms with Crippen molar-refractivity contribution in [3.63, 3.8) is 0 Å². The summed E-state index contributed by atoms with van der Waals surface area (Å²) in [6.45, 7) is 3.76. The lowest BCUT2D eigenvalue weighted by atomic mass is 10.2. The molecule has 0 fully saturated rings. The number of nitrogens with one attached hydrogen (secondary N) is 1. The Balaban J connectivity index is 2.37. The molecule has 2 aromatic rings. The molecule has 0 saturated heterocycles. The summed E-state index contributed by atoms with van der Waals surface area (Å²) in [5.74, 6) is 0.287. The van der Waals surface area contributed by atoms with Crippen molar-refractivity contribution in [1.29, 1.82) is 0 Å². The summed E-state index contributed by atoms with van der Waals surface area (Å²) >= 11 is 1.26. The van der Waals surface area contributed by atoms with Crippen LogP contribution in [0.1, 0.15) is 27.6 Å². The summed E-state index contributed by atoms with van der Waals surface area (Å²) in [7, 11) is 0. The first kappa shape index (κ1) is 9.08. The lowest BCUT2D eigenvalue weighted by molar-refractivity contribution is 0.103. The fourth-order valence-corrected chi connectivity index (χ4v) is 1.63.